The van der Waals surface area contributed by atoms with E-state index in [9.17, 15) is 9.59 Å². The minimum atomic E-state index is -0.900. The zero-order valence-electron chi connectivity index (χ0n) is 13.5. The Morgan fingerprint density at radius 1 is 0.955 bits per heavy atom. The smallest absolute Gasteiger partial charge is 0.296 e. The van der Waals surface area contributed by atoms with Crippen LogP contribution in [0, 0.1) is 5.41 Å². The molecule has 0 heterocycles. The van der Waals surface area contributed by atoms with Crippen molar-refractivity contribution < 1.29 is 29.5 Å². The largest absolute Gasteiger partial charge is 0.373 e. The SMILES string of the molecule is CC(C)(C)CC(C)(C)OOC(=O)c1ccc(C(=O)OO)cc1. The topological polar surface area (TPSA) is 82.1 Å². The van der Waals surface area contributed by atoms with E-state index in [2.05, 4.69) is 25.7 Å². The summed E-state index contributed by atoms with van der Waals surface area (Å²) < 4.78 is 0. The molecule has 1 aromatic rings. The molecule has 0 radical (unpaired) electrons. The van der Waals surface area contributed by atoms with E-state index in [-0.39, 0.29) is 16.5 Å². The molecule has 0 aliphatic heterocycles. The zero-order valence-corrected chi connectivity index (χ0v) is 13.5. The van der Waals surface area contributed by atoms with E-state index in [0.29, 0.717) is 6.42 Å². The quantitative estimate of drug-likeness (QED) is 0.660. The highest BCUT2D eigenvalue weighted by Gasteiger charge is 2.29. The Bertz CT molecular complexity index is 525. The molecule has 0 aliphatic carbocycles. The van der Waals surface area contributed by atoms with Crippen LogP contribution in [-0.2, 0) is 14.7 Å². The molecule has 0 aromatic heterocycles. The van der Waals surface area contributed by atoms with Gasteiger partial charge in [-0.1, -0.05) is 20.8 Å². The van der Waals surface area contributed by atoms with E-state index in [4.69, 9.17) is 15.0 Å². The number of carbonyl (C=O) groups excluding carboxylic acids is 2. The van der Waals surface area contributed by atoms with Crippen molar-refractivity contribution in [2.45, 2.75) is 46.6 Å². The van der Waals surface area contributed by atoms with Crippen LogP contribution >= 0.6 is 0 Å². The van der Waals surface area contributed by atoms with Crippen molar-refractivity contribution in [3.63, 3.8) is 0 Å². The second-order valence-electron chi connectivity index (χ2n) is 6.91. The summed E-state index contributed by atoms with van der Waals surface area (Å²) in [6, 6.07) is 5.45. The van der Waals surface area contributed by atoms with Crippen LogP contribution in [0.2, 0.25) is 0 Å². The van der Waals surface area contributed by atoms with Crippen LogP contribution < -0.4 is 0 Å². The molecule has 22 heavy (non-hydrogen) atoms. The van der Waals surface area contributed by atoms with Gasteiger partial charge in [-0.3, -0.25) is 9.78 Å². The maximum absolute atomic E-state index is 11.9. The van der Waals surface area contributed by atoms with Gasteiger partial charge in [-0.05, 0) is 49.9 Å². The van der Waals surface area contributed by atoms with Crippen LogP contribution in [0.25, 0.3) is 0 Å². The van der Waals surface area contributed by atoms with E-state index in [1.165, 1.54) is 24.3 Å². The summed E-state index contributed by atoms with van der Waals surface area (Å²) in [4.78, 5) is 36.7. The first kappa shape index (κ1) is 18.1. The first-order valence-corrected chi connectivity index (χ1v) is 6.90. The molecule has 0 amide bonds. The molecule has 1 N–H and O–H groups in total. The molecule has 0 aliphatic rings. The average Bonchev–Trinajstić information content (AvgIpc) is 2.41. The van der Waals surface area contributed by atoms with Gasteiger partial charge in [0, 0.05) is 0 Å². The molecule has 0 fully saturated rings. The minimum Gasteiger partial charge on any atom is -0.296 e. The zero-order chi connectivity index (χ0) is 17.0. The van der Waals surface area contributed by atoms with Crippen LogP contribution in [0.4, 0.5) is 0 Å². The standard InChI is InChI=1S/C16H22O6/c1-15(2,3)10-16(4,5)22-21-14(18)12-8-6-11(7-9-12)13(17)20-19/h6-9,19H,10H2,1-5H3. The summed E-state index contributed by atoms with van der Waals surface area (Å²) in [6.07, 6.45) is 0.703. The van der Waals surface area contributed by atoms with Crippen LogP contribution in [0.5, 0.6) is 0 Å². The highest BCUT2D eigenvalue weighted by Crippen LogP contribution is 2.29. The Morgan fingerprint density at radius 2 is 1.41 bits per heavy atom. The van der Waals surface area contributed by atoms with E-state index < -0.39 is 17.5 Å². The van der Waals surface area contributed by atoms with Crippen molar-refractivity contribution in [3.8, 4) is 0 Å². The van der Waals surface area contributed by atoms with Crippen molar-refractivity contribution in [1.29, 1.82) is 0 Å². The first-order chi connectivity index (χ1) is 10.0. The molecule has 6 heteroatoms. The highest BCUT2D eigenvalue weighted by atomic mass is 17.2. The number of carbonyl (C=O) groups is 2. The van der Waals surface area contributed by atoms with Crippen molar-refractivity contribution in [2.75, 3.05) is 0 Å². The predicted octanol–water partition coefficient (Wildman–Crippen LogP) is 3.62. The fourth-order valence-corrected chi connectivity index (χ4v) is 2.30. The van der Waals surface area contributed by atoms with Crippen LogP contribution in [-0.4, -0.2) is 22.8 Å². The summed E-state index contributed by atoms with van der Waals surface area (Å²) in [5.41, 5.74) is -0.245. The average molecular weight is 310 g/mol. The van der Waals surface area contributed by atoms with E-state index in [0.717, 1.165) is 0 Å². The van der Waals surface area contributed by atoms with Crippen molar-refractivity contribution in [3.05, 3.63) is 35.4 Å². The Hall–Kier alpha value is -1.92. The highest BCUT2D eigenvalue weighted by molar-refractivity contribution is 5.92. The van der Waals surface area contributed by atoms with E-state index >= 15 is 0 Å². The lowest BCUT2D eigenvalue weighted by Crippen LogP contribution is -2.31. The summed E-state index contributed by atoms with van der Waals surface area (Å²) in [5, 5.41) is 8.27. The van der Waals surface area contributed by atoms with Crippen LogP contribution in [0.1, 0.15) is 61.8 Å². The molecule has 0 bridgehead atoms. The fraction of sp³-hybridized carbons (Fsp3) is 0.500. The molecule has 0 saturated heterocycles. The Kier molecular flexibility index (Phi) is 5.68. The molecule has 1 aromatic carbocycles. The Labute approximate surface area is 129 Å². The molecule has 1 rings (SSSR count). The second kappa shape index (κ2) is 6.89. The summed E-state index contributed by atoms with van der Waals surface area (Å²) in [5.74, 6) is -1.56. The van der Waals surface area contributed by atoms with Gasteiger partial charge in [-0.15, -0.1) is 0 Å². The summed E-state index contributed by atoms with van der Waals surface area (Å²) in [7, 11) is 0. The number of hydrogen-bond acceptors (Lipinski definition) is 6. The predicted molar refractivity (Wildman–Crippen MR) is 79.1 cm³/mol. The van der Waals surface area contributed by atoms with Crippen molar-refractivity contribution in [2.24, 2.45) is 5.41 Å². The summed E-state index contributed by atoms with van der Waals surface area (Å²) in [6.45, 7) is 9.88. The molecule has 0 spiro atoms. The van der Waals surface area contributed by atoms with Gasteiger partial charge >= 0.3 is 11.9 Å². The van der Waals surface area contributed by atoms with Gasteiger partial charge in [0.2, 0.25) is 0 Å². The van der Waals surface area contributed by atoms with Crippen LogP contribution in [0.3, 0.4) is 0 Å². The lowest BCUT2D eigenvalue weighted by Gasteiger charge is -2.30. The summed E-state index contributed by atoms with van der Waals surface area (Å²) >= 11 is 0. The van der Waals surface area contributed by atoms with E-state index in [1.807, 2.05) is 13.8 Å². The lowest BCUT2D eigenvalue weighted by molar-refractivity contribution is -0.312. The van der Waals surface area contributed by atoms with Gasteiger partial charge in [0.1, 0.15) is 5.60 Å². The van der Waals surface area contributed by atoms with Gasteiger partial charge in [0.25, 0.3) is 0 Å². The Morgan fingerprint density at radius 3 is 1.82 bits per heavy atom. The lowest BCUT2D eigenvalue weighted by atomic mass is 9.84. The van der Waals surface area contributed by atoms with Gasteiger partial charge in [-0.2, -0.15) is 10.1 Å². The van der Waals surface area contributed by atoms with E-state index in [1.54, 1.807) is 0 Å². The molecule has 0 saturated carbocycles. The number of rotatable bonds is 5. The first-order valence-electron chi connectivity index (χ1n) is 6.90. The molecule has 0 unspecified atom stereocenters. The maximum Gasteiger partial charge on any atom is 0.373 e. The normalized spacial score (nSPS) is 11.9. The molecule has 6 nitrogen and oxygen atoms in total. The van der Waals surface area contributed by atoms with Gasteiger partial charge in [0.15, 0.2) is 0 Å². The molecule has 122 valence electrons. The van der Waals surface area contributed by atoms with Gasteiger partial charge in [-0.25, -0.2) is 9.59 Å². The molecular formula is C16H22O6. The Balaban J connectivity index is 2.64. The monoisotopic (exact) mass is 310 g/mol. The second-order valence-corrected chi connectivity index (χ2v) is 6.91. The number of hydrogen-bond donors (Lipinski definition) is 1. The minimum absolute atomic E-state index is 0.0300. The molecule has 0 atom stereocenters. The third-order valence-corrected chi connectivity index (χ3v) is 2.74. The third-order valence-electron chi connectivity index (χ3n) is 2.74. The van der Waals surface area contributed by atoms with Crippen molar-refractivity contribution >= 4 is 11.9 Å². The van der Waals surface area contributed by atoms with Crippen LogP contribution in [0.15, 0.2) is 24.3 Å². The van der Waals surface area contributed by atoms with Crippen molar-refractivity contribution in [1.82, 2.24) is 0 Å². The van der Waals surface area contributed by atoms with Gasteiger partial charge in [0.05, 0.1) is 11.1 Å². The maximum atomic E-state index is 11.9. The third kappa shape index (κ3) is 5.83. The fourth-order valence-electron chi connectivity index (χ4n) is 2.30. The van der Waals surface area contributed by atoms with Gasteiger partial charge < -0.3 is 0 Å². The number of benzene rings is 1. The molecular weight excluding hydrogens is 288 g/mol.